The minimum Gasteiger partial charge on any atom is -0.477 e. The number of aromatic nitrogens is 1. The van der Waals surface area contributed by atoms with E-state index >= 15 is 0 Å². The topological polar surface area (TPSA) is 91.4 Å². The van der Waals surface area contributed by atoms with E-state index in [-0.39, 0.29) is 12.2 Å². The maximum atomic E-state index is 11.8. The number of carboxylic acids is 1. The highest BCUT2D eigenvalue weighted by Crippen LogP contribution is 2.26. The van der Waals surface area contributed by atoms with Gasteiger partial charge in [-0.25, -0.2) is 9.59 Å². The van der Waals surface area contributed by atoms with E-state index in [9.17, 15) is 14.7 Å². The van der Waals surface area contributed by atoms with Crippen LogP contribution < -0.4 is 5.32 Å². The van der Waals surface area contributed by atoms with Gasteiger partial charge in [-0.05, 0) is 38.3 Å². The average Bonchev–Trinajstić information content (AvgIpc) is 2.82. The van der Waals surface area contributed by atoms with Crippen LogP contribution >= 0.6 is 0 Å². The number of para-hydroxylation sites is 1. The number of aryl methyl sites for hydroxylation is 1. The summed E-state index contributed by atoms with van der Waals surface area (Å²) in [6, 6.07) is 5.59. The highest BCUT2D eigenvalue weighted by molar-refractivity contribution is 5.98. The molecule has 1 heterocycles. The third-order valence-corrected chi connectivity index (χ3v) is 3.42. The molecule has 0 spiro atoms. The number of aromatic carboxylic acids is 1. The van der Waals surface area contributed by atoms with Gasteiger partial charge < -0.3 is 20.1 Å². The molecule has 0 unspecified atom stereocenters. The number of alkyl carbamates (subject to hydrolysis) is 1. The van der Waals surface area contributed by atoms with E-state index in [1.165, 1.54) is 0 Å². The molecule has 23 heavy (non-hydrogen) atoms. The van der Waals surface area contributed by atoms with E-state index < -0.39 is 17.7 Å². The molecular formula is C17H22N2O4. The number of carbonyl (C=O) groups is 2. The fraction of sp³-hybridized carbons (Fsp3) is 0.412. The Morgan fingerprint density at radius 1 is 1.30 bits per heavy atom. The zero-order valence-corrected chi connectivity index (χ0v) is 13.8. The molecule has 124 valence electrons. The lowest BCUT2D eigenvalue weighted by Gasteiger charge is -2.19. The second-order valence-corrected chi connectivity index (χ2v) is 6.33. The molecule has 0 radical (unpaired) electrons. The summed E-state index contributed by atoms with van der Waals surface area (Å²) in [7, 11) is 0. The molecule has 0 aliphatic rings. The van der Waals surface area contributed by atoms with Crippen molar-refractivity contribution in [3.8, 4) is 0 Å². The molecule has 0 saturated carbocycles. The Hall–Kier alpha value is -2.50. The van der Waals surface area contributed by atoms with Gasteiger partial charge in [0.15, 0.2) is 0 Å². The number of carbonyl (C=O) groups excluding carboxylic acids is 1. The minimum absolute atomic E-state index is 0.201. The van der Waals surface area contributed by atoms with Crippen LogP contribution in [0.15, 0.2) is 18.2 Å². The number of carboxylic acid groups (broad SMARTS) is 1. The fourth-order valence-corrected chi connectivity index (χ4v) is 2.51. The second kappa shape index (κ2) is 6.32. The normalized spacial score (nSPS) is 11.5. The summed E-state index contributed by atoms with van der Waals surface area (Å²) in [5.41, 5.74) is 1.96. The van der Waals surface area contributed by atoms with Crippen molar-refractivity contribution in [2.45, 2.75) is 46.3 Å². The summed E-state index contributed by atoms with van der Waals surface area (Å²) in [4.78, 5) is 26.1. The molecular weight excluding hydrogens is 296 g/mol. The van der Waals surface area contributed by atoms with Crippen molar-refractivity contribution in [3.63, 3.8) is 0 Å². The standard InChI is InChI=1S/C17H22N2O4/c1-5-11-12-8-6-7-10(13(12)19-14(11)15(20)21)9-18-16(22)23-17(2,3)4/h6-8,19H,5,9H2,1-4H3,(H,18,22)(H,20,21). The van der Waals surface area contributed by atoms with Crippen LogP contribution in [0.4, 0.5) is 4.79 Å². The Morgan fingerprint density at radius 3 is 2.57 bits per heavy atom. The van der Waals surface area contributed by atoms with Crippen molar-refractivity contribution < 1.29 is 19.4 Å². The molecule has 0 fully saturated rings. The molecule has 0 saturated heterocycles. The van der Waals surface area contributed by atoms with Gasteiger partial charge in [0, 0.05) is 11.9 Å². The zero-order chi connectivity index (χ0) is 17.2. The van der Waals surface area contributed by atoms with E-state index in [2.05, 4.69) is 10.3 Å². The highest BCUT2D eigenvalue weighted by atomic mass is 16.6. The second-order valence-electron chi connectivity index (χ2n) is 6.33. The van der Waals surface area contributed by atoms with E-state index in [0.717, 1.165) is 22.0 Å². The Kier molecular flexibility index (Phi) is 4.63. The number of nitrogens with one attached hydrogen (secondary N) is 2. The van der Waals surface area contributed by atoms with E-state index in [4.69, 9.17) is 4.74 Å². The quantitative estimate of drug-likeness (QED) is 0.805. The predicted octanol–water partition coefficient (Wildman–Crippen LogP) is 3.45. The van der Waals surface area contributed by atoms with Crippen molar-refractivity contribution >= 4 is 23.0 Å². The summed E-state index contributed by atoms with van der Waals surface area (Å²) in [6.07, 6.45) is 0.111. The number of rotatable bonds is 4. The van der Waals surface area contributed by atoms with Crippen LogP contribution in [0.2, 0.25) is 0 Å². The third kappa shape index (κ3) is 3.83. The molecule has 6 heteroatoms. The summed E-state index contributed by atoms with van der Waals surface area (Å²) in [6.45, 7) is 7.57. The first kappa shape index (κ1) is 16.9. The number of hydrogen-bond acceptors (Lipinski definition) is 3. The zero-order valence-electron chi connectivity index (χ0n) is 13.8. The van der Waals surface area contributed by atoms with E-state index in [1.54, 1.807) is 20.8 Å². The van der Waals surface area contributed by atoms with Crippen LogP contribution in [0, 0.1) is 0 Å². The van der Waals surface area contributed by atoms with Crippen LogP contribution in [-0.4, -0.2) is 27.8 Å². The lowest BCUT2D eigenvalue weighted by molar-refractivity contribution is 0.0523. The van der Waals surface area contributed by atoms with Crippen molar-refractivity contribution in [2.24, 2.45) is 0 Å². The van der Waals surface area contributed by atoms with Gasteiger partial charge in [0.25, 0.3) is 0 Å². The molecule has 2 rings (SSSR count). The number of benzene rings is 1. The Balaban J connectivity index is 2.28. The lowest BCUT2D eigenvalue weighted by atomic mass is 10.1. The number of H-pyrrole nitrogens is 1. The van der Waals surface area contributed by atoms with Crippen LogP contribution in [0.25, 0.3) is 10.9 Å². The summed E-state index contributed by atoms with van der Waals surface area (Å²) in [5, 5.41) is 12.9. The first-order chi connectivity index (χ1) is 10.7. The number of amides is 1. The predicted molar refractivity (Wildman–Crippen MR) is 87.7 cm³/mol. The molecule has 0 bridgehead atoms. The van der Waals surface area contributed by atoms with Gasteiger partial charge in [0.05, 0.1) is 5.52 Å². The molecule has 1 aromatic carbocycles. The molecule has 1 aromatic heterocycles. The molecule has 1 amide bonds. The van der Waals surface area contributed by atoms with Gasteiger partial charge in [0.2, 0.25) is 0 Å². The molecule has 0 aliphatic carbocycles. The third-order valence-electron chi connectivity index (χ3n) is 3.42. The highest BCUT2D eigenvalue weighted by Gasteiger charge is 2.19. The first-order valence-corrected chi connectivity index (χ1v) is 7.55. The number of ether oxygens (including phenoxy) is 1. The molecule has 3 N–H and O–H groups in total. The monoisotopic (exact) mass is 318 g/mol. The average molecular weight is 318 g/mol. The Bertz CT molecular complexity index is 741. The number of hydrogen-bond donors (Lipinski definition) is 3. The Morgan fingerprint density at radius 2 is 2.00 bits per heavy atom. The molecule has 2 aromatic rings. The van der Waals surface area contributed by atoms with Crippen LogP contribution in [0.5, 0.6) is 0 Å². The van der Waals surface area contributed by atoms with Crippen LogP contribution in [0.3, 0.4) is 0 Å². The summed E-state index contributed by atoms with van der Waals surface area (Å²) in [5.74, 6) is -0.982. The Labute approximate surface area is 134 Å². The summed E-state index contributed by atoms with van der Waals surface area (Å²) >= 11 is 0. The molecule has 0 atom stereocenters. The number of fused-ring (bicyclic) bond motifs is 1. The molecule has 6 nitrogen and oxygen atoms in total. The van der Waals surface area contributed by atoms with Gasteiger partial charge in [-0.2, -0.15) is 0 Å². The van der Waals surface area contributed by atoms with Crippen molar-refractivity contribution in [2.75, 3.05) is 0 Å². The van der Waals surface area contributed by atoms with Gasteiger partial charge >= 0.3 is 12.1 Å². The van der Waals surface area contributed by atoms with E-state index in [1.807, 2.05) is 25.1 Å². The van der Waals surface area contributed by atoms with Crippen molar-refractivity contribution in [3.05, 3.63) is 35.0 Å². The SMILES string of the molecule is CCc1c(C(=O)O)[nH]c2c(CNC(=O)OC(C)(C)C)cccc12. The maximum Gasteiger partial charge on any atom is 0.407 e. The van der Waals surface area contributed by atoms with Crippen molar-refractivity contribution in [1.29, 1.82) is 0 Å². The summed E-state index contributed by atoms with van der Waals surface area (Å²) < 4.78 is 5.21. The van der Waals surface area contributed by atoms with Gasteiger partial charge in [-0.15, -0.1) is 0 Å². The van der Waals surface area contributed by atoms with Crippen LogP contribution in [0.1, 0.15) is 49.3 Å². The fourth-order valence-electron chi connectivity index (χ4n) is 2.51. The minimum atomic E-state index is -0.982. The lowest BCUT2D eigenvalue weighted by Crippen LogP contribution is -2.32. The van der Waals surface area contributed by atoms with E-state index in [0.29, 0.717) is 6.42 Å². The maximum absolute atomic E-state index is 11.8. The first-order valence-electron chi connectivity index (χ1n) is 7.55. The molecule has 0 aliphatic heterocycles. The van der Waals surface area contributed by atoms with Gasteiger partial charge in [0.1, 0.15) is 11.3 Å². The number of aromatic amines is 1. The largest absolute Gasteiger partial charge is 0.477 e. The van der Waals surface area contributed by atoms with Gasteiger partial charge in [-0.1, -0.05) is 25.1 Å². The van der Waals surface area contributed by atoms with Crippen molar-refractivity contribution in [1.82, 2.24) is 10.3 Å². The van der Waals surface area contributed by atoms with Gasteiger partial charge in [-0.3, -0.25) is 0 Å². The smallest absolute Gasteiger partial charge is 0.407 e. The van der Waals surface area contributed by atoms with Crippen LogP contribution in [-0.2, 0) is 17.7 Å².